The van der Waals surface area contributed by atoms with Gasteiger partial charge >= 0.3 is 0 Å². The summed E-state index contributed by atoms with van der Waals surface area (Å²) in [6.45, 7) is 9.07. The topological polar surface area (TPSA) is 18.5 Å². The van der Waals surface area contributed by atoms with Gasteiger partial charge in [-0.3, -0.25) is 0 Å². The van der Waals surface area contributed by atoms with Crippen LogP contribution in [0.25, 0.3) is 0 Å². The van der Waals surface area contributed by atoms with Crippen molar-refractivity contribution in [3.8, 4) is 0 Å². The Balaban J connectivity index is 2.27. The zero-order valence-corrected chi connectivity index (χ0v) is 10.9. The quantitative estimate of drug-likeness (QED) is 0.626. The minimum absolute atomic E-state index is 0.205. The van der Waals surface area contributed by atoms with Gasteiger partial charge in [0.25, 0.3) is 0 Å². The summed E-state index contributed by atoms with van der Waals surface area (Å²) in [5, 5.41) is 0. The third-order valence-electron chi connectivity index (χ3n) is 2.75. The van der Waals surface area contributed by atoms with E-state index in [2.05, 4.69) is 20.4 Å². The maximum atomic E-state index is 6.01. The highest BCUT2D eigenvalue weighted by Gasteiger charge is 2.29. The predicted molar refractivity (Wildman–Crippen MR) is 66.3 cm³/mol. The predicted octanol–water partition coefficient (Wildman–Crippen LogP) is 3.23. The van der Waals surface area contributed by atoms with Crippen molar-refractivity contribution in [3.63, 3.8) is 0 Å². The molecule has 0 saturated heterocycles. The fourth-order valence-electron chi connectivity index (χ4n) is 1.39. The molecule has 0 heterocycles. The van der Waals surface area contributed by atoms with E-state index in [0.29, 0.717) is 6.10 Å². The molecule has 3 heteroatoms. The van der Waals surface area contributed by atoms with Crippen LogP contribution in [0.1, 0.15) is 33.1 Å². The van der Waals surface area contributed by atoms with Crippen LogP contribution in [0, 0.1) is 0 Å². The number of ether oxygens (including phenoxy) is 2. The summed E-state index contributed by atoms with van der Waals surface area (Å²) in [5.41, 5.74) is -0.205. The maximum Gasteiger partial charge on any atom is 0.0931 e. The van der Waals surface area contributed by atoms with Crippen molar-refractivity contribution < 1.29 is 9.47 Å². The molecule has 0 aromatic carbocycles. The zero-order valence-electron chi connectivity index (χ0n) is 10.0. The number of hydrogen-bond acceptors (Lipinski definition) is 3. The SMILES string of the molecule is C=C(SCCOC)C(C)(C)OC1CCC1. The van der Waals surface area contributed by atoms with Crippen molar-refractivity contribution in [2.24, 2.45) is 0 Å². The zero-order chi connectivity index (χ0) is 11.3. The third-order valence-corrected chi connectivity index (χ3v) is 3.96. The molecule has 0 spiro atoms. The van der Waals surface area contributed by atoms with E-state index < -0.39 is 0 Å². The summed E-state index contributed by atoms with van der Waals surface area (Å²) < 4.78 is 11.0. The average molecular weight is 230 g/mol. The molecule has 0 aliphatic heterocycles. The Bertz CT molecular complexity index is 210. The van der Waals surface area contributed by atoms with Crippen molar-refractivity contribution in [1.82, 2.24) is 0 Å². The standard InChI is InChI=1S/C12H22O2S/c1-10(15-9-8-13-4)12(2,3)14-11-6-5-7-11/h11H,1,5-9H2,2-4H3. The van der Waals surface area contributed by atoms with E-state index in [0.717, 1.165) is 17.3 Å². The van der Waals surface area contributed by atoms with Crippen LogP contribution < -0.4 is 0 Å². The van der Waals surface area contributed by atoms with Gasteiger partial charge in [0.1, 0.15) is 0 Å². The smallest absolute Gasteiger partial charge is 0.0931 e. The lowest BCUT2D eigenvalue weighted by molar-refractivity contribution is -0.0776. The second-order valence-electron chi connectivity index (χ2n) is 4.45. The van der Waals surface area contributed by atoms with Gasteiger partial charge in [-0.1, -0.05) is 6.58 Å². The highest BCUT2D eigenvalue weighted by molar-refractivity contribution is 8.03. The minimum Gasteiger partial charge on any atom is -0.384 e. The molecule has 0 atom stereocenters. The van der Waals surface area contributed by atoms with Crippen molar-refractivity contribution >= 4 is 11.8 Å². The van der Waals surface area contributed by atoms with Gasteiger partial charge in [0.05, 0.1) is 18.3 Å². The molecule has 1 aliphatic rings. The molecule has 1 rings (SSSR count). The summed E-state index contributed by atoms with van der Waals surface area (Å²) in [6.07, 6.45) is 4.18. The first-order chi connectivity index (χ1) is 7.06. The van der Waals surface area contributed by atoms with Crippen LogP contribution in [-0.4, -0.2) is 31.2 Å². The molecule has 0 unspecified atom stereocenters. The molecule has 0 aromatic rings. The summed E-state index contributed by atoms with van der Waals surface area (Å²) >= 11 is 1.74. The van der Waals surface area contributed by atoms with E-state index in [1.165, 1.54) is 19.3 Å². The summed E-state index contributed by atoms with van der Waals surface area (Å²) in [5.74, 6) is 0.951. The number of thioether (sulfide) groups is 1. The fourth-order valence-corrected chi connectivity index (χ4v) is 2.29. The number of rotatable bonds is 7. The van der Waals surface area contributed by atoms with Crippen LogP contribution in [0.15, 0.2) is 11.5 Å². The van der Waals surface area contributed by atoms with Crippen LogP contribution in [0.2, 0.25) is 0 Å². The highest BCUT2D eigenvalue weighted by Crippen LogP contribution is 2.34. The molecule has 0 amide bonds. The molecular formula is C12H22O2S. The monoisotopic (exact) mass is 230 g/mol. The first kappa shape index (κ1) is 13.1. The summed E-state index contributed by atoms with van der Waals surface area (Å²) in [4.78, 5) is 1.10. The lowest BCUT2D eigenvalue weighted by Crippen LogP contribution is -2.35. The highest BCUT2D eigenvalue weighted by atomic mass is 32.2. The van der Waals surface area contributed by atoms with Gasteiger partial charge in [-0.2, -0.15) is 0 Å². The Kier molecular flexibility index (Phi) is 5.16. The Morgan fingerprint density at radius 2 is 2.13 bits per heavy atom. The van der Waals surface area contributed by atoms with Gasteiger partial charge < -0.3 is 9.47 Å². The molecule has 2 nitrogen and oxygen atoms in total. The molecule has 88 valence electrons. The van der Waals surface area contributed by atoms with Crippen molar-refractivity contribution in [2.75, 3.05) is 19.5 Å². The fraction of sp³-hybridized carbons (Fsp3) is 0.833. The second-order valence-corrected chi connectivity index (χ2v) is 5.64. The van der Waals surface area contributed by atoms with Crippen molar-refractivity contribution in [3.05, 3.63) is 11.5 Å². The number of methoxy groups -OCH3 is 1. The summed E-state index contributed by atoms with van der Waals surface area (Å²) in [6, 6.07) is 0. The first-order valence-corrected chi connectivity index (χ1v) is 6.54. The van der Waals surface area contributed by atoms with E-state index in [1.807, 2.05) is 0 Å². The van der Waals surface area contributed by atoms with E-state index in [9.17, 15) is 0 Å². The lowest BCUT2D eigenvalue weighted by Gasteiger charge is -2.36. The van der Waals surface area contributed by atoms with Crippen molar-refractivity contribution in [2.45, 2.75) is 44.8 Å². The Hall–Kier alpha value is 0.01000. The van der Waals surface area contributed by atoms with Crippen molar-refractivity contribution in [1.29, 1.82) is 0 Å². The number of hydrogen-bond donors (Lipinski definition) is 0. The molecule has 0 radical (unpaired) electrons. The van der Waals surface area contributed by atoms with Crippen LogP contribution >= 0.6 is 11.8 Å². The van der Waals surface area contributed by atoms with Gasteiger partial charge in [-0.05, 0) is 33.1 Å². The third kappa shape index (κ3) is 4.17. The Labute approximate surface area is 97.4 Å². The largest absolute Gasteiger partial charge is 0.384 e. The van der Waals surface area contributed by atoms with E-state index in [-0.39, 0.29) is 5.60 Å². The molecular weight excluding hydrogens is 208 g/mol. The molecule has 1 saturated carbocycles. The van der Waals surface area contributed by atoms with Crippen LogP contribution in [-0.2, 0) is 9.47 Å². The average Bonchev–Trinajstić information content (AvgIpc) is 2.12. The van der Waals surface area contributed by atoms with Gasteiger partial charge in [0.2, 0.25) is 0 Å². The molecule has 0 aromatic heterocycles. The normalized spacial score (nSPS) is 17.5. The molecule has 0 bridgehead atoms. The maximum absolute atomic E-state index is 6.01. The van der Waals surface area contributed by atoms with Crippen LogP contribution in [0.4, 0.5) is 0 Å². The summed E-state index contributed by atoms with van der Waals surface area (Å²) in [7, 11) is 1.72. The molecule has 1 fully saturated rings. The first-order valence-electron chi connectivity index (χ1n) is 5.55. The van der Waals surface area contributed by atoms with Crippen LogP contribution in [0.5, 0.6) is 0 Å². The Morgan fingerprint density at radius 3 is 2.60 bits per heavy atom. The lowest BCUT2D eigenvalue weighted by atomic mass is 9.95. The van der Waals surface area contributed by atoms with E-state index in [4.69, 9.17) is 9.47 Å². The Morgan fingerprint density at radius 1 is 1.47 bits per heavy atom. The van der Waals surface area contributed by atoms with E-state index >= 15 is 0 Å². The minimum atomic E-state index is -0.205. The van der Waals surface area contributed by atoms with Crippen LogP contribution in [0.3, 0.4) is 0 Å². The molecule has 0 N–H and O–H groups in total. The van der Waals surface area contributed by atoms with Gasteiger partial charge in [-0.25, -0.2) is 0 Å². The molecule has 15 heavy (non-hydrogen) atoms. The van der Waals surface area contributed by atoms with Gasteiger partial charge in [0, 0.05) is 17.8 Å². The van der Waals surface area contributed by atoms with Gasteiger partial charge in [0.15, 0.2) is 0 Å². The molecule has 1 aliphatic carbocycles. The van der Waals surface area contributed by atoms with E-state index in [1.54, 1.807) is 18.9 Å². The second kappa shape index (κ2) is 5.92. The van der Waals surface area contributed by atoms with Gasteiger partial charge in [-0.15, -0.1) is 11.8 Å².